The van der Waals surface area contributed by atoms with Gasteiger partial charge in [-0.15, -0.1) is 34.2 Å². The summed E-state index contributed by atoms with van der Waals surface area (Å²) in [6, 6.07) is 0. The fourth-order valence-corrected chi connectivity index (χ4v) is 3.04. The van der Waals surface area contributed by atoms with Crippen LogP contribution in [0, 0.1) is 5.92 Å². The molecular formula is C17H33IN6O. The fraction of sp³-hybridized carbons (Fsp3) is 0.824. The number of nitrogens with zero attached hydrogens (tertiary/aromatic N) is 4. The molecule has 0 fully saturated rings. The highest BCUT2D eigenvalue weighted by molar-refractivity contribution is 14.0. The van der Waals surface area contributed by atoms with E-state index in [1.807, 2.05) is 6.92 Å². The number of fused-ring (bicyclic) bond motifs is 1. The molecule has 2 N–H and O–H groups in total. The molecule has 1 aromatic heterocycles. The summed E-state index contributed by atoms with van der Waals surface area (Å²) in [5, 5.41) is 15.3. The van der Waals surface area contributed by atoms with Gasteiger partial charge in [-0.25, -0.2) is 0 Å². The Labute approximate surface area is 168 Å². The average molecular weight is 464 g/mol. The Kier molecular flexibility index (Phi) is 10.3. The van der Waals surface area contributed by atoms with Gasteiger partial charge in [0.1, 0.15) is 5.82 Å². The molecule has 25 heavy (non-hydrogen) atoms. The summed E-state index contributed by atoms with van der Waals surface area (Å²) in [6.45, 7) is 9.70. The zero-order valence-electron chi connectivity index (χ0n) is 15.9. The first-order valence-electron chi connectivity index (χ1n) is 9.12. The number of ether oxygens (including phenoxy) is 1. The van der Waals surface area contributed by atoms with E-state index in [-0.39, 0.29) is 30.1 Å². The minimum Gasteiger partial charge on any atom is -0.378 e. The summed E-state index contributed by atoms with van der Waals surface area (Å²) in [6.07, 6.45) is 4.70. The van der Waals surface area contributed by atoms with Crippen molar-refractivity contribution in [3.63, 3.8) is 0 Å². The molecule has 2 rings (SSSR count). The van der Waals surface area contributed by atoms with Gasteiger partial charge < -0.3 is 19.9 Å². The molecule has 0 amide bonds. The predicted molar refractivity (Wildman–Crippen MR) is 111 cm³/mol. The number of aryl methyl sites for hydroxylation is 1. The summed E-state index contributed by atoms with van der Waals surface area (Å²) >= 11 is 0. The molecule has 1 aliphatic rings. The van der Waals surface area contributed by atoms with Gasteiger partial charge in [0, 0.05) is 33.2 Å². The number of rotatable bonds is 8. The molecule has 8 heteroatoms. The quantitative estimate of drug-likeness (QED) is 0.351. The molecule has 0 aliphatic carbocycles. The van der Waals surface area contributed by atoms with E-state index in [0.29, 0.717) is 12.5 Å². The molecule has 1 aliphatic heterocycles. The van der Waals surface area contributed by atoms with E-state index in [9.17, 15) is 0 Å². The minimum atomic E-state index is 0. The van der Waals surface area contributed by atoms with E-state index in [1.54, 1.807) is 7.05 Å². The molecule has 0 saturated heterocycles. The van der Waals surface area contributed by atoms with E-state index < -0.39 is 0 Å². The third kappa shape index (κ3) is 6.73. The van der Waals surface area contributed by atoms with Crippen LogP contribution in [0.2, 0.25) is 0 Å². The van der Waals surface area contributed by atoms with Crippen LogP contribution >= 0.6 is 24.0 Å². The monoisotopic (exact) mass is 464 g/mol. The van der Waals surface area contributed by atoms with E-state index in [0.717, 1.165) is 50.1 Å². The lowest BCUT2D eigenvalue weighted by Gasteiger charge is -2.21. The highest BCUT2D eigenvalue weighted by atomic mass is 127. The van der Waals surface area contributed by atoms with Crippen molar-refractivity contribution >= 4 is 29.9 Å². The first-order valence-corrected chi connectivity index (χ1v) is 9.12. The molecule has 1 unspecified atom stereocenters. The summed E-state index contributed by atoms with van der Waals surface area (Å²) < 4.78 is 8.01. The number of nitrogens with one attached hydrogen (secondary N) is 2. The van der Waals surface area contributed by atoms with Crippen LogP contribution in [-0.4, -0.2) is 47.0 Å². The largest absolute Gasteiger partial charge is 0.378 e. The van der Waals surface area contributed by atoms with E-state index in [2.05, 4.69) is 44.2 Å². The second-order valence-corrected chi connectivity index (χ2v) is 6.52. The number of aromatic nitrogens is 3. The third-order valence-electron chi connectivity index (χ3n) is 4.42. The fourth-order valence-electron chi connectivity index (χ4n) is 3.04. The van der Waals surface area contributed by atoms with Crippen molar-refractivity contribution in [1.29, 1.82) is 0 Å². The first kappa shape index (κ1) is 22.1. The highest BCUT2D eigenvalue weighted by Crippen LogP contribution is 2.14. The molecule has 144 valence electrons. The molecular weight excluding hydrogens is 431 g/mol. The molecule has 1 atom stereocenters. The van der Waals surface area contributed by atoms with Crippen LogP contribution in [0.3, 0.4) is 0 Å². The number of hydrogen-bond acceptors (Lipinski definition) is 4. The van der Waals surface area contributed by atoms with Gasteiger partial charge in [-0.2, -0.15) is 0 Å². The molecule has 0 bridgehead atoms. The van der Waals surface area contributed by atoms with Crippen molar-refractivity contribution < 1.29 is 4.74 Å². The van der Waals surface area contributed by atoms with Crippen LogP contribution in [0.4, 0.5) is 0 Å². The second-order valence-electron chi connectivity index (χ2n) is 6.52. The van der Waals surface area contributed by atoms with Crippen LogP contribution in [-0.2, 0) is 24.2 Å². The summed E-state index contributed by atoms with van der Waals surface area (Å²) in [7, 11) is 1.79. The predicted octanol–water partition coefficient (Wildman–Crippen LogP) is 2.35. The van der Waals surface area contributed by atoms with Gasteiger partial charge in [0.05, 0.1) is 12.6 Å². The van der Waals surface area contributed by atoms with Crippen molar-refractivity contribution in [3.8, 4) is 0 Å². The van der Waals surface area contributed by atoms with Crippen LogP contribution < -0.4 is 10.6 Å². The third-order valence-corrected chi connectivity index (χ3v) is 4.42. The molecule has 2 heterocycles. The van der Waals surface area contributed by atoms with Gasteiger partial charge in [0.15, 0.2) is 11.8 Å². The smallest absolute Gasteiger partial charge is 0.191 e. The van der Waals surface area contributed by atoms with Gasteiger partial charge in [0.25, 0.3) is 0 Å². The van der Waals surface area contributed by atoms with Crippen LogP contribution in [0.15, 0.2) is 4.99 Å². The van der Waals surface area contributed by atoms with Gasteiger partial charge >= 0.3 is 0 Å². The van der Waals surface area contributed by atoms with Crippen LogP contribution in [0.1, 0.15) is 51.7 Å². The maximum atomic E-state index is 5.78. The second kappa shape index (κ2) is 11.7. The Hall–Kier alpha value is -0.900. The van der Waals surface area contributed by atoms with E-state index in [4.69, 9.17) is 4.74 Å². The van der Waals surface area contributed by atoms with Gasteiger partial charge in [-0.3, -0.25) is 4.99 Å². The Balaban J connectivity index is 0.00000312. The molecule has 0 saturated carbocycles. The first-order chi connectivity index (χ1) is 11.7. The number of guanidine groups is 1. The Morgan fingerprint density at radius 3 is 2.76 bits per heavy atom. The Morgan fingerprint density at radius 1 is 1.28 bits per heavy atom. The van der Waals surface area contributed by atoms with Crippen molar-refractivity contribution in [2.45, 2.75) is 65.6 Å². The number of halogens is 1. The Morgan fingerprint density at radius 2 is 2.08 bits per heavy atom. The standard InChI is InChI=1S/C17H32N6O.HI/c1-5-24-14(13(2)3)9-10-19-17(18-4)20-12-16-22-21-15-8-6-7-11-23(15)16;/h13-14H,5-12H2,1-4H3,(H2,18,19,20);1H. The van der Waals surface area contributed by atoms with Crippen molar-refractivity contribution in [2.75, 3.05) is 20.2 Å². The van der Waals surface area contributed by atoms with Gasteiger partial charge in [-0.05, 0) is 32.1 Å². The van der Waals surface area contributed by atoms with Gasteiger partial charge in [0.2, 0.25) is 0 Å². The molecule has 0 aromatic carbocycles. The lowest BCUT2D eigenvalue weighted by Crippen LogP contribution is -2.39. The lowest BCUT2D eigenvalue weighted by atomic mass is 10.0. The average Bonchev–Trinajstić information content (AvgIpc) is 3.00. The van der Waals surface area contributed by atoms with Crippen molar-refractivity contribution in [2.24, 2.45) is 10.9 Å². The molecule has 7 nitrogen and oxygen atoms in total. The molecule has 0 radical (unpaired) electrons. The maximum absolute atomic E-state index is 5.78. The lowest BCUT2D eigenvalue weighted by molar-refractivity contribution is 0.0258. The topological polar surface area (TPSA) is 76.4 Å². The molecule has 1 aromatic rings. The maximum Gasteiger partial charge on any atom is 0.191 e. The zero-order valence-corrected chi connectivity index (χ0v) is 18.2. The number of hydrogen-bond donors (Lipinski definition) is 2. The summed E-state index contributed by atoms with van der Waals surface area (Å²) in [5.41, 5.74) is 0. The van der Waals surface area contributed by atoms with Gasteiger partial charge in [-0.1, -0.05) is 13.8 Å². The van der Waals surface area contributed by atoms with E-state index >= 15 is 0 Å². The summed E-state index contributed by atoms with van der Waals surface area (Å²) in [5.74, 6) is 3.41. The van der Waals surface area contributed by atoms with E-state index in [1.165, 1.54) is 12.8 Å². The highest BCUT2D eigenvalue weighted by Gasteiger charge is 2.16. The number of aliphatic imine (C=N–C) groups is 1. The Bertz CT molecular complexity index is 531. The van der Waals surface area contributed by atoms with Crippen molar-refractivity contribution in [3.05, 3.63) is 11.6 Å². The minimum absolute atomic E-state index is 0. The normalized spacial score (nSPS) is 15.5. The van der Waals surface area contributed by atoms with Crippen LogP contribution in [0.25, 0.3) is 0 Å². The summed E-state index contributed by atoms with van der Waals surface area (Å²) in [4.78, 5) is 4.28. The van der Waals surface area contributed by atoms with Crippen molar-refractivity contribution in [1.82, 2.24) is 25.4 Å². The SMILES string of the molecule is CCOC(CCNC(=NC)NCc1nnc2n1CCCC2)C(C)C.I. The van der Waals surface area contributed by atoms with Crippen LogP contribution in [0.5, 0.6) is 0 Å². The zero-order chi connectivity index (χ0) is 17.4. The molecule has 0 spiro atoms.